The van der Waals surface area contributed by atoms with Gasteiger partial charge < -0.3 is 14.4 Å². The fourth-order valence-electron chi connectivity index (χ4n) is 1.80. The molecule has 0 aromatic heterocycles. The van der Waals surface area contributed by atoms with Gasteiger partial charge in [-0.25, -0.2) is 4.79 Å². The monoisotopic (exact) mass is 305 g/mol. The average Bonchev–Trinajstić information content (AvgIpc) is 2.56. The van der Waals surface area contributed by atoms with Gasteiger partial charge >= 0.3 is 5.97 Å². The SMILES string of the molecule is C=CCOC(C)C(=O)OCC(=O)N(C)C(C)c1ccccc1. The molecule has 2 atom stereocenters. The van der Waals surface area contributed by atoms with Gasteiger partial charge in [0.1, 0.15) is 0 Å². The number of esters is 1. The molecule has 0 saturated carbocycles. The van der Waals surface area contributed by atoms with Crippen LogP contribution < -0.4 is 0 Å². The highest BCUT2D eigenvalue weighted by Gasteiger charge is 2.20. The number of hydrogen-bond donors (Lipinski definition) is 0. The van der Waals surface area contributed by atoms with E-state index in [2.05, 4.69) is 6.58 Å². The number of likely N-dealkylation sites (N-methyl/N-ethyl adjacent to an activating group) is 1. The van der Waals surface area contributed by atoms with Crippen molar-refractivity contribution in [2.75, 3.05) is 20.3 Å². The van der Waals surface area contributed by atoms with Gasteiger partial charge in [-0.1, -0.05) is 36.4 Å². The van der Waals surface area contributed by atoms with Crippen molar-refractivity contribution >= 4 is 11.9 Å². The van der Waals surface area contributed by atoms with Gasteiger partial charge in [-0.3, -0.25) is 4.79 Å². The maximum atomic E-state index is 12.1. The molecule has 1 aromatic rings. The van der Waals surface area contributed by atoms with Crippen LogP contribution in [-0.4, -0.2) is 43.1 Å². The van der Waals surface area contributed by atoms with Crippen LogP contribution in [0.2, 0.25) is 0 Å². The molecule has 0 spiro atoms. The molecule has 120 valence electrons. The minimum atomic E-state index is -0.720. The molecule has 0 N–H and O–H groups in total. The molecule has 0 radical (unpaired) electrons. The topological polar surface area (TPSA) is 55.8 Å². The summed E-state index contributed by atoms with van der Waals surface area (Å²) in [4.78, 5) is 25.3. The van der Waals surface area contributed by atoms with Gasteiger partial charge in [0.05, 0.1) is 12.6 Å². The summed E-state index contributed by atoms with van der Waals surface area (Å²) in [6, 6.07) is 9.56. The second-order valence-corrected chi connectivity index (χ2v) is 4.96. The molecule has 0 fully saturated rings. The van der Waals surface area contributed by atoms with Crippen molar-refractivity contribution in [2.45, 2.75) is 26.0 Å². The van der Waals surface area contributed by atoms with Gasteiger partial charge in [0.15, 0.2) is 12.7 Å². The third-order valence-electron chi connectivity index (χ3n) is 3.39. The summed E-state index contributed by atoms with van der Waals surface area (Å²) in [6.45, 7) is 6.96. The van der Waals surface area contributed by atoms with Crippen molar-refractivity contribution in [1.82, 2.24) is 4.90 Å². The summed E-state index contributed by atoms with van der Waals surface area (Å²) in [5, 5.41) is 0. The minimum absolute atomic E-state index is 0.0955. The lowest BCUT2D eigenvalue weighted by molar-refractivity contribution is -0.160. The van der Waals surface area contributed by atoms with E-state index < -0.39 is 12.1 Å². The zero-order valence-corrected chi connectivity index (χ0v) is 13.3. The molecule has 0 bridgehead atoms. The van der Waals surface area contributed by atoms with Gasteiger partial charge in [-0.05, 0) is 19.4 Å². The lowest BCUT2D eigenvalue weighted by atomic mass is 10.1. The third kappa shape index (κ3) is 5.33. The van der Waals surface area contributed by atoms with Crippen LogP contribution in [0.1, 0.15) is 25.5 Å². The molecule has 0 saturated heterocycles. The quantitative estimate of drug-likeness (QED) is 0.546. The van der Waals surface area contributed by atoms with E-state index in [1.54, 1.807) is 24.9 Å². The molecule has 5 heteroatoms. The molecular formula is C17H23NO4. The standard InChI is InChI=1S/C17H23NO4/c1-5-11-21-14(3)17(20)22-12-16(19)18(4)13(2)15-9-7-6-8-10-15/h5-10,13-14H,1,11-12H2,2-4H3. The van der Waals surface area contributed by atoms with Gasteiger partial charge in [-0.15, -0.1) is 6.58 Å². The highest BCUT2D eigenvalue weighted by molar-refractivity contribution is 5.82. The fourth-order valence-corrected chi connectivity index (χ4v) is 1.80. The summed E-state index contributed by atoms with van der Waals surface area (Å²) in [6.07, 6.45) is 0.826. The lowest BCUT2D eigenvalue weighted by Crippen LogP contribution is -2.35. The summed E-state index contributed by atoms with van der Waals surface area (Å²) in [5.41, 5.74) is 1.02. The van der Waals surface area contributed by atoms with E-state index in [1.165, 1.54) is 0 Å². The van der Waals surface area contributed by atoms with E-state index in [-0.39, 0.29) is 25.2 Å². The van der Waals surface area contributed by atoms with Crippen LogP contribution in [0, 0.1) is 0 Å². The molecule has 5 nitrogen and oxygen atoms in total. The summed E-state index contributed by atoms with van der Waals surface area (Å²) in [7, 11) is 1.69. The second kappa shape index (κ2) is 9.00. The van der Waals surface area contributed by atoms with Gasteiger partial charge in [-0.2, -0.15) is 0 Å². The number of carbonyl (C=O) groups excluding carboxylic acids is 2. The van der Waals surface area contributed by atoms with Crippen molar-refractivity contribution in [3.8, 4) is 0 Å². The molecule has 0 aliphatic heterocycles. The third-order valence-corrected chi connectivity index (χ3v) is 3.39. The molecule has 22 heavy (non-hydrogen) atoms. The smallest absolute Gasteiger partial charge is 0.335 e. The van der Waals surface area contributed by atoms with Crippen molar-refractivity contribution in [2.24, 2.45) is 0 Å². The average molecular weight is 305 g/mol. The van der Waals surface area contributed by atoms with E-state index in [9.17, 15) is 9.59 Å². The van der Waals surface area contributed by atoms with Crippen molar-refractivity contribution in [1.29, 1.82) is 0 Å². The summed E-state index contributed by atoms with van der Waals surface area (Å²) < 4.78 is 10.1. The molecular weight excluding hydrogens is 282 g/mol. The van der Waals surface area contributed by atoms with Gasteiger partial charge in [0, 0.05) is 7.05 Å². The predicted octanol–water partition coefficient (Wildman–Crippen LogP) is 2.34. The zero-order chi connectivity index (χ0) is 16.5. The van der Waals surface area contributed by atoms with Crippen LogP contribution in [0.4, 0.5) is 0 Å². The minimum Gasteiger partial charge on any atom is -0.454 e. The number of benzene rings is 1. The molecule has 0 heterocycles. The highest BCUT2D eigenvalue weighted by Crippen LogP contribution is 2.18. The van der Waals surface area contributed by atoms with E-state index in [1.807, 2.05) is 37.3 Å². The highest BCUT2D eigenvalue weighted by atomic mass is 16.6. The number of ether oxygens (including phenoxy) is 2. The first kappa shape index (κ1) is 17.9. The van der Waals surface area contributed by atoms with E-state index in [4.69, 9.17) is 9.47 Å². The van der Waals surface area contributed by atoms with Crippen molar-refractivity contribution < 1.29 is 19.1 Å². The van der Waals surface area contributed by atoms with Crippen LogP contribution in [0.3, 0.4) is 0 Å². The van der Waals surface area contributed by atoms with Crippen LogP contribution in [-0.2, 0) is 19.1 Å². The van der Waals surface area contributed by atoms with E-state index in [0.717, 1.165) is 5.56 Å². The molecule has 0 aliphatic carbocycles. The first-order chi connectivity index (χ1) is 10.5. The van der Waals surface area contributed by atoms with Gasteiger partial charge in [0.25, 0.3) is 5.91 Å². The second-order valence-electron chi connectivity index (χ2n) is 4.96. The Bertz CT molecular complexity index is 501. The van der Waals surface area contributed by atoms with Crippen molar-refractivity contribution in [3.05, 3.63) is 48.6 Å². The first-order valence-electron chi connectivity index (χ1n) is 7.17. The Kier molecular flexibility index (Phi) is 7.32. The number of rotatable bonds is 8. The predicted molar refractivity (Wildman–Crippen MR) is 84.2 cm³/mol. The van der Waals surface area contributed by atoms with E-state index >= 15 is 0 Å². The normalized spacial score (nSPS) is 13.0. The Morgan fingerprint density at radius 2 is 1.91 bits per heavy atom. The summed E-state index contributed by atoms with van der Waals surface area (Å²) in [5.74, 6) is -0.823. The van der Waals surface area contributed by atoms with Crippen LogP contribution in [0.5, 0.6) is 0 Å². The maximum absolute atomic E-state index is 12.1. The molecule has 1 amide bonds. The molecule has 1 rings (SSSR count). The largest absolute Gasteiger partial charge is 0.454 e. The first-order valence-corrected chi connectivity index (χ1v) is 7.17. The fraction of sp³-hybridized carbons (Fsp3) is 0.412. The van der Waals surface area contributed by atoms with E-state index in [0.29, 0.717) is 0 Å². The number of hydrogen-bond acceptors (Lipinski definition) is 4. The lowest BCUT2D eigenvalue weighted by Gasteiger charge is -2.25. The Hall–Kier alpha value is -2.14. The Labute approximate surface area is 131 Å². The number of carbonyl (C=O) groups is 2. The van der Waals surface area contributed by atoms with Crippen LogP contribution >= 0.6 is 0 Å². The van der Waals surface area contributed by atoms with Gasteiger partial charge in [0.2, 0.25) is 0 Å². The van der Waals surface area contributed by atoms with Crippen LogP contribution in [0.15, 0.2) is 43.0 Å². The Morgan fingerprint density at radius 3 is 2.50 bits per heavy atom. The zero-order valence-electron chi connectivity index (χ0n) is 13.3. The van der Waals surface area contributed by atoms with Crippen LogP contribution in [0.25, 0.3) is 0 Å². The number of amides is 1. The maximum Gasteiger partial charge on any atom is 0.335 e. The molecule has 2 unspecified atom stereocenters. The Balaban J connectivity index is 2.47. The number of nitrogens with zero attached hydrogens (tertiary/aromatic N) is 1. The van der Waals surface area contributed by atoms with Crippen molar-refractivity contribution in [3.63, 3.8) is 0 Å². The molecule has 0 aliphatic rings. The summed E-state index contributed by atoms with van der Waals surface area (Å²) >= 11 is 0. The molecule has 1 aromatic carbocycles. The Morgan fingerprint density at radius 1 is 1.27 bits per heavy atom.